The zero-order chi connectivity index (χ0) is 35.6. The third-order valence-corrected chi connectivity index (χ3v) is 7.25. The Morgan fingerprint density at radius 2 is 0.860 bits per heavy atom. The van der Waals surface area contributed by atoms with Gasteiger partial charge in [-0.15, -0.1) is 0 Å². The van der Waals surface area contributed by atoms with E-state index in [2.05, 4.69) is 10.6 Å². The molecule has 0 fully saturated rings. The van der Waals surface area contributed by atoms with Gasteiger partial charge >= 0.3 is 12.2 Å². The topological polar surface area (TPSA) is 181 Å². The molecule has 50 heavy (non-hydrogen) atoms. The van der Waals surface area contributed by atoms with Crippen molar-refractivity contribution in [2.45, 2.75) is 51.4 Å². The van der Waals surface area contributed by atoms with Gasteiger partial charge in [-0.1, -0.05) is 50.7 Å². The molecular formula is C36H38N4O10. The van der Waals surface area contributed by atoms with Gasteiger partial charge in [0.05, 0.1) is 23.1 Å². The Labute approximate surface area is 288 Å². The molecule has 0 heterocycles. The Balaban J connectivity index is 1.00. The van der Waals surface area contributed by atoms with E-state index in [1.807, 2.05) is 12.1 Å². The molecule has 4 aromatic rings. The number of carbonyl (C=O) groups is 2. The average molecular weight is 687 g/mol. The summed E-state index contributed by atoms with van der Waals surface area (Å²) >= 11 is 0. The minimum atomic E-state index is -0.715. The fraction of sp³-hybridized carbons (Fsp3) is 0.278. The minimum Gasteiger partial charge on any atom is -0.494 e. The number of carbonyl (C=O) groups excluding carboxylic acids is 2. The van der Waals surface area contributed by atoms with E-state index in [4.69, 9.17) is 18.9 Å². The third kappa shape index (κ3) is 13.1. The van der Waals surface area contributed by atoms with E-state index >= 15 is 0 Å². The lowest BCUT2D eigenvalue weighted by atomic mass is 10.1. The Hall–Kier alpha value is -6.18. The monoisotopic (exact) mass is 686 g/mol. The molecule has 14 nitrogen and oxygen atoms in total. The summed E-state index contributed by atoms with van der Waals surface area (Å²) < 4.78 is 22.0. The molecule has 262 valence electrons. The van der Waals surface area contributed by atoms with E-state index in [1.54, 1.807) is 36.4 Å². The van der Waals surface area contributed by atoms with Crippen LogP contribution in [0, 0.1) is 20.2 Å². The number of benzene rings is 4. The predicted molar refractivity (Wildman–Crippen MR) is 186 cm³/mol. The van der Waals surface area contributed by atoms with Gasteiger partial charge in [0.2, 0.25) is 0 Å². The number of hydrogen-bond donors (Lipinski definition) is 2. The highest BCUT2D eigenvalue weighted by atomic mass is 16.6. The van der Waals surface area contributed by atoms with Crippen LogP contribution in [0.4, 0.5) is 32.3 Å². The van der Waals surface area contributed by atoms with Crippen LogP contribution in [0.2, 0.25) is 0 Å². The first-order valence-corrected chi connectivity index (χ1v) is 16.2. The first-order valence-electron chi connectivity index (χ1n) is 16.2. The van der Waals surface area contributed by atoms with Crippen molar-refractivity contribution in [1.29, 1.82) is 0 Å². The van der Waals surface area contributed by atoms with E-state index in [0.717, 1.165) is 51.4 Å². The maximum Gasteiger partial charge on any atom is 0.417 e. The maximum atomic E-state index is 12.2. The van der Waals surface area contributed by atoms with Crippen LogP contribution in [0.25, 0.3) is 0 Å². The summed E-state index contributed by atoms with van der Waals surface area (Å²) in [5.74, 6) is 1.64. The number of nitrogens with zero attached hydrogens (tertiary/aromatic N) is 2. The molecule has 2 N–H and O–H groups in total. The van der Waals surface area contributed by atoms with Gasteiger partial charge in [0.15, 0.2) is 0 Å². The number of anilines is 2. The summed E-state index contributed by atoms with van der Waals surface area (Å²) in [6.07, 6.45) is 7.00. The molecular weight excluding hydrogens is 648 g/mol. The molecule has 0 saturated carbocycles. The lowest BCUT2D eigenvalue weighted by molar-refractivity contribution is -0.385. The van der Waals surface area contributed by atoms with Crippen LogP contribution in [-0.4, -0.2) is 35.2 Å². The fourth-order valence-electron chi connectivity index (χ4n) is 4.74. The average Bonchev–Trinajstić information content (AvgIpc) is 3.09. The molecule has 2 amide bonds. The molecule has 4 rings (SSSR count). The molecule has 14 heteroatoms. The standard InChI is InChI=1S/C36H38N4O10/c41-35(49-31-19-15-29(16-20-31)39(43)44)37-27-11-9-13-33(25-27)47-23-7-5-3-1-2-4-6-8-24-48-34-14-10-12-28(26-34)38-36(42)50-32-21-17-30(18-22-32)40(45)46/h9-22,25-26H,1-8,23-24H2,(H,37,41)(H,38,42). The van der Waals surface area contributed by atoms with Crippen molar-refractivity contribution < 1.29 is 38.4 Å². The van der Waals surface area contributed by atoms with Crippen LogP contribution in [0.3, 0.4) is 0 Å². The lowest BCUT2D eigenvalue weighted by Gasteiger charge is -2.10. The molecule has 0 radical (unpaired) electrons. The minimum absolute atomic E-state index is 0.0918. The second-order valence-electron chi connectivity index (χ2n) is 11.1. The number of amides is 2. The molecule has 0 atom stereocenters. The molecule has 0 aliphatic rings. The SMILES string of the molecule is O=C(Nc1cccc(OCCCCCCCCCCOc2cccc(NC(=O)Oc3ccc([N+](=O)[O-])cc3)c2)c1)Oc1ccc([N+](=O)[O-])cc1. The number of ether oxygens (including phenoxy) is 4. The van der Waals surface area contributed by atoms with Crippen LogP contribution >= 0.6 is 0 Å². The maximum absolute atomic E-state index is 12.2. The summed E-state index contributed by atoms with van der Waals surface area (Å²) in [7, 11) is 0. The highest BCUT2D eigenvalue weighted by Crippen LogP contribution is 2.22. The summed E-state index contributed by atoms with van der Waals surface area (Å²) in [5.41, 5.74) is 0.827. The zero-order valence-corrected chi connectivity index (χ0v) is 27.3. The van der Waals surface area contributed by atoms with Gasteiger partial charge in [-0.3, -0.25) is 30.9 Å². The molecule has 0 aromatic heterocycles. The van der Waals surface area contributed by atoms with Gasteiger partial charge in [0.1, 0.15) is 23.0 Å². The molecule has 0 unspecified atom stereocenters. The van der Waals surface area contributed by atoms with Crippen molar-refractivity contribution in [2.75, 3.05) is 23.8 Å². The van der Waals surface area contributed by atoms with Crippen molar-refractivity contribution in [2.24, 2.45) is 0 Å². The van der Waals surface area contributed by atoms with E-state index in [1.165, 1.54) is 48.5 Å². The van der Waals surface area contributed by atoms with Crippen LogP contribution < -0.4 is 29.6 Å². The zero-order valence-electron chi connectivity index (χ0n) is 27.3. The second-order valence-corrected chi connectivity index (χ2v) is 11.1. The number of nitrogens with one attached hydrogen (secondary N) is 2. The Morgan fingerprint density at radius 1 is 0.500 bits per heavy atom. The normalized spacial score (nSPS) is 10.5. The molecule has 4 aromatic carbocycles. The van der Waals surface area contributed by atoms with Crippen molar-refractivity contribution in [1.82, 2.24) is 0 Å². The molecule has 0 bridgehead atoms. The van der Waals surface area contributed by atoms with E-state index in [0.29, 0.717) is 36.1 Å². The molecule has 0 aliphatic carbocycles. The summed E-state index contributed by atoms with van der Waals surface area (Å²) in [4.78, 5) is 44.8. The van der Waals surface area contributed by atoms with Gasteiger partial charge in [-0.2, -0.15) is 0 Å². The summed E-state index contributed by atoms with van der Waals surface area (Å²) in [6, 6.07) is 24.5. The van der Waals surface area contributed by atoms with Gasteiger partial charge in [0, 0.05) is 47.8 Å². The Bertz CT molecular complexity index is 1590. The second kappa shape index (κ2) is 19.6. The van der Waals surface area contributed by atoms with Crippen LogP contribution in [0.5, 0.6) is 23.0 Å². The molecule has 0 spiro atoms. The Kier molecular flexibility index (Phi) is 14.4. The summed E-state index contributed by atoms with van der Waals surface area (Å²) in [6.45, 7) is 1.12. The van der Waals surface area contributed by atoms with Gasteiger partial charge in [-0.05, 0) is 61.4 Å². The van der Waals surface area contributed by atoms with Gasteiger partial charge < -0.3 is 18.9 Å². The smallest absolute Gasteiger partial charge is 0.417 e. The van der Waals surface area contributed by atoms with Crippen LogP contribution in [0.1, 0.15) is 51.4 Å². The van der Waals surface area contributed by atoms with E-state index in [9.17, 15) is 29.8 Å². The lowest BCUT2D eigenvalue weighted by Crippen LogP contribution is -2.16. The number of non-ortho nitro benzene ring substituents is 2. The highest BCUT2D eigenvalue weighted by Gasteiger charge is 2.11. The largest absolute Gasteiger partial charge is 0.494 e. The highest BCUT2D eigenvalue weighted by molar-refractivity contribution is 5.87. The quantitative estimate of drug-likeness (QED) is 0.0548. The Morgan fingerprint density at radius 3 is 1.22 bits per heavy atom. The van der Waals surface area contributed by atoms with Crippen LogP contribution in [-0.2, 0) is 0 Å². The number of nitro benzene ring substituents is 2. The van der Waals surface area contributed by atoms with Crippen molar-refractivity contribution >= 4 is 34.9 Å². The number of hydrogen-bond acceptors (Lipinski definition) is 10. The predicted octanol–water partition coefficient (Wildman–Crippen LogP) is 9.30. The van der Waals surface area contributed by atoms with Crippen molar-refractivity contribution in [3.63, 3.8) is 0 Å². The van der Waals surface area contributed by atoms with E-state index in [-0.39, 0.29) is 22.9 Å². The van der Waals surface area contributed by atoms with Crippen molar-refractivity contribution in [3.05, 3.63) is 117 Å². The third-order valence-electron chi connectivity index (χ3n) is 7.25. The fourth-order valence-corrected chi connectivity index (χ4v) is 4.74. The van der Waals surface area contributed by atoms with E-state index < -0.39 is 22.0 Å². The van der Waals surface area contributed by atoms with Crippen molar-refractivity contribution in [3.8, 4) is 23.0 Å². The molecule has 0 saturated heterocycles. The first-order chi connectivity index (χ1) is 24.2. The van der Waals surface area contributed by atoms with Crippen LogP contribution in [0.15, 0.2) is 97.1 Å². The number of unbranched alkanes of at least 4 members (excludes halogenated alkanes) is 7. The number of rotatable bonds is 19. The van der Waals surface area contributed by atoms with Gasteiger partial charge in [0.25, 0.3) is 11.4 Å². The van der Waals surface area contributed by atoms with Gasteiger partial charge in [-0.25, -0.2) is 9.59 Å². The summed E-state index contributed by atoms with van der Waals surface area (Å²) in [5, 5.41) is 26.8. The molecule has 0 aliphatic heterocycles. The first kappa shape index (κ1) is 36.7. The number of nitro groups is 2.